The van der Waals surface area contributed by atoms with Crippen LogP contribution in [0.4, 0.5) is 4.79 Å². The highest BCUT2D eigenvalue weighted by atomic mass is 16.2. The van der Waals surface area contributed by atoms with E-state index in [1.807, 2.05) is 6.92 Å². The summed E-state index contributed by atoms with van der Waals surface area (Å²) in [7, 11) is 0. The molecular weight excluding hydrogens is 230 g/mol. The Morgan fingerprint density at radius 2 is 2.06 bits per heavy atom. The van der Waals surface area contributed by atoms with Crippen molar-refractivity contribution in [1.82, 2.24) is 10.2 Å². The second-order valence-corrected chi connectivity index (χ2v) is 5.64. The molecule has 0 radical (unpaired) electrons. The van der Waals surface area contributed by atoms with Crippen molar-refractivity contribution in [3.8, 4) is 0 Å². The number of carbonyl (C=O) groups excluding carboxylic acids is 2. The van der Waals surface area contributed by atoms with Gasteiger partial charge in [-0.15, -0.1) is 0 Å². The van der Waals surface area contributed by atoms with Gasteiger partial charge in [-0.3, -0.25) is 9.69 Å². The summed E-state index contributed by atoms with van der Waals surface area (Å²) in [6, 6.07) is -0.251. The van der Waals surface area contributed by atoms with Gasteiger partial charge in [-0.25, -0.2) is 4.79 Å². The summed E-state index contributed by atoms with van der Waals surface area (Å²) >= 11 is 0. The first kappa shape index (κ1) is 13.3. The highest BCUT2D eigenvalue weighted by molar-refractivity contribution is 6.07. The predicted octanol–water partition coefficient (Wildman–Crippen LogP) is 1.22. The zero-order chi connectivity index (χ0) is 13.3. The smallest absolute Gasteiger partial charge is 0.325 e. The number of hydrogen-bond acceptors (Lipinski definition) is 3. The molecule has 2 aliphatic rings. The van der Waals surface area contributed by atoms with Gasteiger partial charge < -0.3 is 11.1 Å². The van der Waals surface area contributed by atoms with Crippen LogP contribution in [-0.2, 0) is 4.79 Å². The van der Waals surface area contributed by atoms with Crippen LogP contribution in [0.15, 0.2) is 0 Å². The van der Waals surface area contributed by atoms with E-state index < -0.39 is 5.54 Å². The molecule has 3 amide bonds. The van der Waals surface area contributed by atoms with Crippen LogP contribution in [0.2, 0.25) is 0 Å². The summed E-state index contributed by atoms with van der Waals surface area (Å²) in [5, 5.41) is 2.82. The number of hydrogen-bond donors (Lipinski definition) is 2. The van der Waals surface area contributed by atoms with E-state index in [9.17, 15) is 9.59 Å². The lowest BCUT2D eigenvalue weighted by molar-refractivity contribution is -0.133. The molecule has 1 aliphatic carbocycles. The summed E-state index contributed by atoms with van der Waals surface area (Å²) in [6.07, 6.45) is 4.74. The Morgan fingerprint density at radius 3 is 2.61 bits per heavy atom. The van der Waals surface area contributed by atoms with Crippen LogP contribution >= 0.6 is 0 Å². The molecule has 3 atom stereocenters. The molecule has 0 aromatic rings. The normalized spacial score (nSPS) is 36.9. The number of urea groups is 1. The van der Waals surface area contributed by atoms with Crippen LogP contribution < -0.4 is 11.1 Å². The quantitative estimate of drug-likeness (QED) is 0.743. The highest BCUT2D eigenvalue weighted by Crippen LogP contribution is 2.32. The lowest BCUT2D eigenvalue weighted by atomic mass is 9.83. The highest BCUT2D eigenvalue weighted by Gasteiger charge is 2.50. The van der Waals surface area contributed by atoms with Crippen LogP contribution in [0, 0.1) is 5.92 Å². The number of amides is 3. The molecule has 2 fully saturated rings. The zero-order valence-electron chi connectivity index (χ0n) is 11.2. The van der Waals surface area contributed by atoms with Crippen LogP contribution in [0.25, 0.3) is 0 Å². The van der Waals surface area contributed by atoms with Crippen LogP contribution in [0.1, 0.15) is 46.0 Å². The van der Waals surface area contributed by atoms with Crippen molar-refractivity contribution in [3.63, 3.8) is 0 Å². The fourth-order valence-corrected chi connectivity index (χ4v) is 3.05. The van der Waals surface area contributed by atoms with Gasteiger partial charge in [0, 0.05) is 6.04 Å². The molecule has 18 heavy (non-hydrogen) atoms. The monoisotopic (exact) mass is 253 g/mol. The molecule has 1 heterocycles. The molecule has 3 N–H and O–H groups in total. The summed E-state index contributed by atoms with van der Waals surface area (Å²) in [5.41, 5.74) is 5.05. The molecule has 102 valence electrons. The van der Waals surface area contributed by atoms with Crippen LogP contribution in [-0.4, -0.2) is 35.0 Å². The number of nitrogens with one attached hydrogen (secondary N) is 1. The van der Waals surface area contributed by atoms with Crippen molar-refractivity contribution in [1.29, 1.82) is 0 Å². The summed E-state index contributed by atoms with van der Waals surface area (Å²) in [4.78, 5) is 25.9. The minimum Gasteiger partial charge on any atom is -0.330 e. The van der Waals surface area contributed by atoms with Crippen molar-refractivity contribution in [3.05, 3.63) is 0 Å². The van der Waals surface area contributed by atoms with Gasteiger partial charge in [0.15, 0.2) is 0 Å². The van der Waals surface area contributed by atoms with Gasteiger partial charge in [0.05, 0.1) is 0 Å². The van der Waals surface area contributed by atoms with E-state index >= 15 is 0 Å². The molecule has 2 rings (SSSR count). The van der Waals surface area contributed by atoms with Crippen LogP contribution in [0.5, 0.6) is 0 Å². The topological polar surface area (TPSA) is 75.4 Å². The van der Waals surface area contributed by atoms with E-state index in [1.54, 1.807) is 6.92 Å². The van der Waals surface area contributed by atoms with Gasteiger partial charge in [0.1, 0.15) is 5.54 Å². The van der Waals surface area contributed by atoms with Gasteiger partial charge in [-0.1, -0.05) is 19.8 Å². The summed E-state index contributed by atoms with van der Waals surface area (Å²) in [6.45, 7) is 4.26. The van der Waals surface area contributed by atoms with Crippen molar-refractivity contribution in [2.45, 2.75) is 57.5 Å². The van der Waals surface area contributed by atoms with Crippen molar-refractivity contribution in [2.24, 2.45) is 11.7 Å². The van der Waals surface area contributed by atoms with E-state index in [0.29, 0.717) is 13.0 Å². The van der Waals surface area contributed by atoms with E-state index in [2.05, 4.69) is 5.32 Å². The summed E-state index contributed by atoms with van der Waals surface area (Å²) < 4.78 is 0. The number of nitrogens with zero attached hydrogens (tertiary/aromatic N) is 1. The SMILES string of the molecule is CCC1(C)NC(=O)N(C2CCCCC2CN)C1=O. The first-order chi connectivity index (χ1) is 8.53. The largest absolute Gasteiger partial charge is 0.330 e. The summed E-state index contributed by atoms with van der Waals surface area (Å²) in [5.74, 6) is 0.174. The maximum atomic E-state index is 12.4. The van der Waals surface area contributed by atoms with Gasteiger partial charge in [-0.2, -0.15) is 0 Å². The van der Waals surface area contributed by atoms with E-state index in [4.69, 9.17) is 5.73 Å². The Kier molecular flexibility index (Phi) is 3.61. The number of imide groups is 1. The second-order valence-electron chi connectivity index (χ2n) is 5.64. The number of carbonyl (C=O) groups is 2. The Labute approximate surface area is 108 Å². The van der Waals surface area contributed by atoms with Gasteiger partial charge in [-0.05, 0) is 38.6 Å². The molecule has 1 saturated heterocycles. The molecule has 0 aromatic heterocycles. The Balaban J connectivity index is 2.22. The zero-order valence-corrected chi connectivity index (χ0v) is 11.2. The minimum absolute atomic E-state index is 0.00961. The molecule has 1 saturated carbocycles. The second kappa shape index (κ2) is 4.88. The van der Waals surface area contributed by atoms with Crippen molar-refractivity contribution >= 4 is 11.9 Å². The van der Waals surface area contributed by atoms with Crippen molar-refractivity contribution in [2.75, 3.05) is 6.54 Å². The molecule has 0 bridgehead atoms. The van der Waals surface area contributed by atoms with E-state index in [-0.39, 0.29) is 23.9 Å². The van der Waals surface area contributed by atoms with E-state index in [1.165, 1.54) is 4.90 Å². The third kappa shape index (κ3) is 2.00. The Bertz CT molecular complexity index is 358. The third-order valence-electron chi connectivity index (χ3n) is 4.50. The standard InChI is InChI=1S/C13H23N3O2/c1-3-13(2)11(17)16(12(18)15-13)10-7-5-4-6-9(10)8-14/h9-10H,3-8,14H2,1-2H3,(H,15,18). The predicted molar refractivity (Wildman–Crippen MR) is 68.9 cm³/mol. The van der Waals surface area contributed by atoms with E-state index in [0.717, 1.165) is 25.7 Å². The van der Waals surface area contributed by atoms with Crippen molar-refractivity contribution < 1.29 is 9.59 Å². The van der Waals surface area contributed by atoms with Crippen LogP contribution in [0.3, 0.4) is 0 Å². The molecule has 3 unspecified atom stereocenters. The van der Waals surface area contributed by atoms with Gasteiger partial charge >= 0.3 is 6.03 Å². The first-order valence-corrected chi connectivity index (χ1v) is 6.89. The Hall–Kier alpha value is -1.10. The molecule has 5 heteroatoms. The number of nitrogens with two attached hydrogens (primary N) is 1. The average molecular weight is 253 g/mol. The molecule has 0 aromatic carbocycles. The fourth-order valence-electron chi connectivity index (χ4n) is 3.05. The molecule has 0 spiro atoms. The lowest BCUT2D eigenvalue weighted by Gasteiger charge is -2.36. The Morgan fingerprint density at radius 1 is 1.39 bits per heavy atom. The van der Waals surface area contributed by atoms with Gasteiger partial charge in [0.25, 0.3) is 5.91 Å². The first-order valence-electron chi connectivity index (χ1n) is 6.89. The number of rotatable bonds is 3. The lowest BCUT2D eigenvalue weighted by Crippen LogP contribution is -2.49. The molecule has 1 aliphatic heterocycles. The average Bonchev–Trinajstić information content (AvgIpc) is 2.61. The molecule has 5 nitrogen and oxygen atoms in total. The van der Waals surface area contributed by atoms with Gasteiger partial charge in [0.2, 0.25) is 0 Å². The third-order valence-corrected chi connectivity index (χ3v) is 4.50. The maximum Gasteiger partial charge on any atom is 0.325 e. The molecular formula is C13H23N3O2. The minimum atomic E-state index is -0.728. The fraction of sp³-hybridized carbons (Fsp3) is 0.846. The maximum absolute atomic E-state index is 12.4.